The van der Waals surface area contributed by atoms with Crippen molar-refractivity contribution in [1.82, 2.24) is 0 Å². The average molecular weight is 318 g/mol. The molecule has 0 N–H and O–H groups in total. The van der Waals surface area contributed by atoms with Crippen LogP contribution >= 0.6 is 0 Å². The van der Waals surface area contributed by atoms with Gasteiger partial charge in [-0.2, -0.15) is 0 Å². The molecule has 0 heterocycles. The molecule has 18 heavy (non-hydrogen) atoms. The Morgan fingerprint density at radius 1 is 0.833 bits per heavy atom. The SMILES string of the molecule is CC#CC[N+](C)(C)CCCCCCCCCC.[Br-]. The fourth-order valence-corrected chi connectivity index (χ4v) is 2.05. The van der Waals surface area contributed by atoms with Gasteiger partial charge in [0, 0.05) is 0 Å². The van der Waals surface area contributed by atoms with Gasteiger partial charge in [-0.15, -0.1) is 5.92 Å². The van der Waals surface area contributed by atoms with Crippen LogP contribution in [0.3, 0.4) is 0 Å². The van der Waals surface area contributed by atoms with Crippen molar-refractivity contribution in [2.75, 3.05) is 27.2 Å². The second-order valence-corrected chi connectivity index (χ2v) is 5.72. The van der Waals surface area contributed by atoms with Gasteiger partial charge < -0.3 is 21.5 Å². The van der Waals surface area contributed by atoms with Gasteiger partial charge in [-0.05, 0) is 25.7 Å². The lowest BCUT2D eigenvalue weighted by atomic mass is 10.1. The first-order valence-electron chi connectivity index (χ1n) is 7.34. The molecule has 0 rings (SSSR count). The lowest BCUT2D eigenvalue weighted by Crippen LogP contribution is -3.00. The molecule has 0 aliphatic heterocycles. The highest BCUT2D eigenvalue weighted by molar-refractivity contribution is 4.94. The summed E-state index contributed by atoms with van der Waals surface area (Å²) in [5.74, 6) is 6.17. The molecule has 0 fully saturated rings. The van der Waals surface area contributed by atoms with Gasteiger partial charge >= 0.3 is 0 Å². The third-order valence-electron chi connectivity index (χ3n) is 3.30. The second kappa shape index (κ2) is 13.4. The number of nitrogens with zero attached hydrogens (tertiary/aromatic N) is 1. The molecule has 2 heteroatoms. The zero-order valence-electron chi connectivity index (χ0n) is 12.9. The van der Waals surface area contributed by atoms with Gasteiger partial charge in [-0.1, -0.05) is 45.4 Å². The minimum absolute atomic E-state index is 0. The third-order valence-corrected chi connectivity index (χ3v) is 3.30. The minimum Gasteiger partial charge on any atom is -1.00 e. The maximum absolute atomic E-state index is 3.19. The Hall–Kier alpha value is 0. The molecule has 0 aromatic rings. The van der Waals surface area contributed by atoms with E-state index in [1.807, 2.05) is 6.92 Å². The Morgan fingerprint density at radius 3 is 1.83 bits per heavy atom. The Balaban J connectivity index is 0. The highest BCUT2D eigenvalue weighted by Gasteiger charge is 2.11. The van der Waals surface area contributed by atoms with Crippen molar-refractivity contribution in [2.24, 2.45) is 0 Å². The molecular formula is C16H32BrN. The lowest BCUT2D eigenvalue weighted by molar-refractivity contribution is -0.883. The number of hydrogen-bond donors (Lipinski definition) is 0. The normalized spacial score (nSPS) is 10.4. The Bertz CT molecular complexity index is 225. The molecule has 0 aliphatic carbocycles. The second-order valence-electron chi connectivity index (χ2n) is 5.72. The Morgan fingerprint density at radius 2 is 1.33 bits per heavy atom. The molecule has 1 nitrogen and oxygen atoms in total. The van der Waals surface area contributed by atoms with Crippen LogP contribution in [0.1, 0.15) is 65.2 Å². The van der Waals surface area contributed by atoms with Crippen LogP contribution in [-0.4, -0.2) is 31.7 Å². The molecule has 0 aromatic heterocycles. The highest BCUT2D eigenvalue weighted by Crippen LogP contribution is 2.09. The van der Waals surface area contributed by atoms with Crippen molar-refractivity contribution in [3.63, 3.8) is 0 Å². The first-order chi connectivity index (χ1) is 8.12. The largest absolute Gasteiger partial charge is 1.00 e. The van der Waals surface area contributed by atoms with Crippen molar-refractivity contribution >= 4 is 0 Å². The summed E-state index contributed by atoms with van der Waals surface area (Å²) in [6.45, 7) is 6.46. The molecule has 108 valence electrons. The number of rotatable bonds is 10. The Labute approximate surface area is 126 Å². The van der Waals surface area contributed by atoms with Crippen LogP contribution in [0.5, 0.6) is 0 Å². The van der Waals surface area contributed by atoms with E-state index in [0.29, 0.717) is 0 Å². The van der Waals surface area contributed by atoms with Gasteiger partial charge in [0.05, 0.1) is 20.6 Å². The van der Waals surface area contributed by atoms with Crippen LogP contribution in [0.15, 0.2) is 0 Å². The predicted octanol–water partition coefficient (Wildman–Crippen LogP) is 1.23. The number of hydrogen-bond acceptors (Lipinski definition) is 0. The molecular weight excluding hydrogens is 286 g/mol. The first-order valence-corrected chi connectivity index (χ1v) is 7.34. The summed E-state index contributed by atoms with van der Waals surface area (Å²) in [5, 5.41) is 0. The van der Waals surface area contributed by atoms with Crippen LogP contribution < -0.4 is 17.0 Å². The van der Waals surface area contributed by atoms with Gasteiger partial charge in [0.15, 0.2) is 0 Å². The van der Waals surface area contributed by atoms with Crippen molar-refractivity contribution in [2.45, 2.75) is 65.2 Å². The summed E-state index contributed by atoms with van der Waals surface area (Å²) in [5.41, 5.74) is 0. The number of quaternary nitrogens is 1. The van der Waals surface area contributed by atoms with Gasteiger partial charge in [0.1, 0.15) is 6.54 Å². The van der Waals surface area contributed by atoms with Gasteiger partial charge in [0.2, 0.25) is 0 Å². The van der Waals surface area contributed by atoms with Crippen molar-refractivity contribution in [3.8, 4) is 11.8 Å². The van der Waals surface area contributed by atoms with E-state index in [9.17, 15) is 0 Å². The van der Waals surface area contributed by atoms with Crippen LogP contribution in [0.2, 0.25) is 0 Å². The van der Waals surface area contributed by atoms with E-state index in [1.165, 1.54) is 57.9 Å². The van der Waals surface area contributed by atoms with E-state index >= 15 is 0 Å². The molecule has 0 bridgehead atoms. The van der Waals surface area contributed by atoms with Crippen molar-refractivity contribution in [3.05, 3.63) is 0 Å². The molecule has 0 amide bonds. The third kappa shape index (κ3) is 14.1. The Kier molecular flexibility index (Phi) is 15.2. The smallest absolute Gasteiger partial charge is 0.140 e. The van der Waals surface area contributed by atoms with Gasteiger partial charge in [-0.25, -0.2) is 0 Å². The van der Waals surface area contributed by atoms with E-state index in [4.69, 9.17) is 0 Å². The maximum Gasteiger partial charge on any atom is 0.140 e. The number of unbranched alkanes of at least 4 members (excludes halogenated alkanes) is 7. The lowest BCUT2D eigenvalue weighted by Gasteiger charge is -2.27. The molecule has 0 spiro atoms. The van der Waals surface area contributed by atoms with Crippen LogP contribution in [0.4, 0.5) is 0 Å². The minimum atomic E-state index is 0. The topological polar surface area (TPSA) is 0 Å². The zero-order chi connectivity index (χ0) is 13.0. The van der Waals surface area contributed by atoms with Crippen LogP contribution in [0.25, 0.3) is 0 Å². The molecule has 0 saturated heterocycles. The fraction of sp³-hybridized carbons (Fsp3) is 0.875. The maximum atomic E-state index is 3.19. The summed E-state index contributed by atoms with van der Waals surface area (Å²) < 4.78 is 1.05. The zero-order valence-corrected chi connectivity index (χ0v) is 14.5. The number of halogens is 1. The van der Waals surface area contributed by atoms with Crippen LogP contribution in [-0.2, 0) is 0 Å². The molecule has 0 unspecified atom stereocenters. The summed E-state index contributed by atoms with van der Waals surface area (Å²) in [6.07, 6.45) is 11.2. The average Bonchev–Trinajstić information content (AvgIpc) is 2.30. The first kappa shape index (κ1) is 20.3. The molecule has 0 saturated carbocycles. The molecule has 0 radical (unpaired) electrons. The fourth-order valence-electron chi connectivity index (χ4n) is 2.05. The van der Waals surface area contributed by atoms with E-state index in [0.717, 1.165) is 11.0 Å². The monoisotopic (exact) mass is 317 g/mol. The standard InChI is InChI=1S/C16H32N.BrH/c1-5-7-9-10-11-12-13-14-16-17(3,4)15-8-6-2;/h5,7,9-16H2,1-4H3;1H/q+1;/p-1. The molecule has 0 aromatic carbocycles. The predicted molar refractivity (Wildman–Crippen MR) is 77.9 cm³/mol. The van der Waals surface area contributed by atoms with Gasteiger partial charge in [0.25, 0.3) is 0 Å². The van der Waals surface area contributed by atoms with E-state index in [-0.39, 0.29) is 17.0 Å². The highest BCUT2D eigenvalue weighted by atomic mass is 79.9. The van der Waals surface area contributed by atoms with E-state index in [2.05, 4.69) is 32.9 Å². The summed E-state index contributed by atoms with van der Waals surface area (Å²) in [4.78, 5) is 0. The molecule has 0 atom stereocenters. The van der Waals surface area contributed by atoms with Crippen LogP contribution in [0, 0.1) is 11.8 Å². The summed E-state index contributed by atoms with van der Waals surface area (Å²) in [7, 11) is 4.57. The molecule has 0 aliphatic rings. The van der Waals surface area contributed by atoms with E-state index in [1.54, 1.807) is 0 Å². The summed E-state index contributed by atoms with van der Waals surface area (Å²) >= 11 is 0. The quantitative estimate of drug-likeness (QED) is 0.323. The summed E-state index contributed by atoms with van der Waals surface area (Å²) in [6, 6.07) is 0. The van der Waals surface area contributed by atoms with Gasteiger partial charge in [-0.3, -0.25) is 0 Å². The van der Waals surface area contributed by atoms with Crippen molar-refractivity contribution < 1.29 is 21.5 Å². The van der Waals surface area contributed by atoms with E-state index < -0.39 is 0 Å². The van der Waals surface area contributed by atoms with Crippen molar-refractivity contribution in [1.29, 1.82) is 0 Å².